The molecule has 200 valence electrons. The third-order valence-corrected chi connectivity index (χ3v) is 5.43. The number of carbonyl (C=O) groups is 4. The van der Waals surface area contributed by atoms with E-state index in [0.717, 1.165) is 5.56 Å². The second kappa shape index (κ2) is 15.3. The van der Waals surface area contributed by atoms with Crippen molar-refractivity contribution >= 4 is 24.2 Å². The number of aldehydes is 1. The standard InChI is InChI=1S/C27H33F2N3O5/c1-18(2)14-23(25(34)30-22(16-33)12-13-28)31-26(35)24(15-19-8-10-21(29)11-9-19)32-27(36)37-17-20-6-4-3-5-7-20/h3-11,16,18,22-24H,12-15,17H2,1-2H3,(H,30,34)(H,31,35)(H,32,36)/t22?,23-,24-/m0/s1. The first-order chi connectivity index (χ1) is 17.7. The Hall–Kier alpha value is -3.82. The molecule has 0 aromatic heterocycles. The predicted octanol–water partition coefficient (Wildman–Crippen LogP) is 3.24. The molecule has 8 nitrogen and oxygen atoms in total. The van der Waals surface area contributed by atoms with Gasteiger partial charge in [-0.2, -0.15) is 0 Å². The molecule has 2 rings (SSSR count). The number of halogens is 2. The molecule has 0 heterocycles. The van der Waals surface area contributed by atoms with Crippen molar-refractivity contribution in [3.63, 3.8) is 0 Å². The fraction of sp³-hybridized carbons (Fsp3) is 0.407. The molecule has 3 amide bonds. The molecule has 0 aliphatic rings. The van der Waals surface area contributed by atoms with Crippen LogP contribution in [0.4, 0.5) is 13.6 Å². The molecule has 0 radical (unpaired) electrons. The maximum Gasteiger partial charge on any atom is 0.408 e. The van der Waals surface area contributed by atoms with Crippen LogP contribution in [0, 0.1) is 11.7 Å². The lowest BCUT2D eigenvalue weighted by Gasteiger charge is -2.25. The van der Waals surface area contributed by atoms with E-state index in [1.54, 1.807) is 24.3 Å². The van der Waals surface area contributed by atoms with Gasteiger partial charge in [0.25, 0.3) is 0 Å². The van der Waals surface area contributed by atoms with Crippen LogP contribution in [0.25, 0.3) is 0 Å². The summed E-state index contributed by atoms with van der Waals surface area (Å²) in [5, 5.41) is 7.58. The van der Waals surface area contributed by atoms with Crippen molar-refractivity contribution in [1.82, 2.24) is 16.0 Å². The van der Waals surface area contributed by atoms with E-state index in [-0.39, 0.29) is 31.8 Å². The van der Waals surface area contributed by atoms with Gasteiger partial charge in [0.05, 0.1) is 12.7 Å². The Bertz CT molecular complexity index is 1020. The van der Waals surface area contributed by atoms with Crippen molar-refractivity contribution in [1.29, 1.82) is 0 Å². The summed E-state index contributed by atoms with van der Waals surface area (Å²) in [7, 11) is 0. The van der Waals surface area contributed by atoms with Crippen molar-refractivity contribution in [2.45, 2.75) is 57.8 Å². The molecule has 10 heteroatoms. The van der Waals surface area contributed by atoms with Crippen LogP contribution >= 0.6 is 0 Å². The van der Waals surface area contributed by atoms with E-state index < -0.39 is 48.5 Å². The number of carbonyl (C=O) groups excluding carboxylic acids is 4. The van der Waals surface area contributed by atoms with Crippen molar-refractivity contribution in [3.05, 3.63) is 71.5 Å². The van der Waals surface area contributed by atoms with Crippen LogP contribution < -0.4 is 16.0 Å². The van der Waals surface area contributed by atoms with Gasteiger partial charge in [0, 0.05) is 12.8 Å². The molecule has 0 spiro atoms. The second-order valence-electron chi connectivity index (χ2n) is 9.01. The van der Waals surface area contributed by atoms with Gasteiger partial charge in [0.15, 0.2) is 0 Å². The fourth-order valence-electron chi connectivity index (χ4n) is 3.52. The van der Waals surface area contributed by atoms with Crippen molar-refractivity contribution in [2.75, 3.05) is 6.67 Å². The van der Waals surface area contributed by atoms with Gasteiger partial charge in [-0.25, -0.2) is 9.18 Å². The molecular weight excluding hydrogens is 484 g/mol. The van der Waals surface area contributed by atoms with Crippen LogP contribution in [0.15, 0.2) is 54.6 Å². The Morgan fingerprint density at radius 2 is 1.54 bits per heavy atom. The monoisotopic (exact) mass is 517 g/mol. The number of ether oxygens (including phenoxy) is 1. The summed E-state index contributed by atoms with van der Waals surface area (Å²) < 4.78 is 31.3. The highest BCUT2D eigenvalue weighted by atomic mass is 19.1. The molecule has 3 atom stereocenters. The van der Waals surface area contributed by atoms with Crippen LogP contribution in [0.2, 0.25) is 0 Å². The molecule has 0 aliphatic carbocycles. The molecule has 2 aromatic rings. The lowest BCUT2D eigenvalue weighted by molar-refractivity contribution is -0.131. The zero-order valence-electron chi connectivity index (χ0n) is 20.9. The number of alkyl carbamates (subject to hydrolysis) is 1. The highest BCUT2D eigenvalue weighted by molar-refractivity contribution is 5.92. The Kier molecular flexibility index (Phi) is 12.2. The van der Waals surface area contributed by atoms with Gasteiger partial charge in [0.1, 0.15) is 30.8 Å². The highest BCUT2D eigenvalue weighted by Crippen LogP contribution is 2.10. The number of rotatable bonds is 14. The van der Waals surface area contributed by atoms with Crippen LogP contribution in [0.1, 0.15) is 37.8 Å². The minimum Gasteiger partial charge on any atom is -0.445 e. The number of benzene rings is 2. The largest absolute Gasteiger partial charge is 0.445 e. The number of alkyl halides is 1. The van der Waals surface area contributed by atoms with E-state index in [1.165, 1.54) is 24.3 Å². The Morgan fingerprint density at radius 3 is 2.14 bits per heavy atom. The molecule has 37 heavy (non-hydrogen) atoms. The summed E-state index contributed by atoms with van der Waals surface area (Å²) in [5.41, 5.74) is 1.32. The third kappa shape index (κ3) is 10.8. The summed E-state index contributed by atoms with van der Waals surface area (Å²) in [6.45, 7) is 2.89. The summed E-state index contributed by atoms with van der Waals surface area (Å²) >= 11 is 0. The van der Waals surface area contributed by atoms with Crippen molar-refractivity contribution in [3.8, 4) is 0 Å². The van der Waals surface area contributed by atoms with Crippen LogP contribution in [-0.4, -0.2) is 49.0 Å². The van der Waals surface area contributed by atoms with Gasteiger partial charge in [0.2, 0.25) is 11.8 Å². The van der Waals surface area contributed by atoms with E-state index in [0.29, 0.717) is 11.8 Å². The molecule has 0 fully saturated rings. The van der Waals surface area contributed by atoms with Crippen molar-refractivity contribution in [2.24, 2.45) is 5.92 Å². The minimum atomic E-state index is -1.15. The first-order valence-electron chi connectivity index (χ1n) is 12.1. The number of amides is 3. The molecule has 2 aromatic carbocycles. The average Bonchev–Trinajstić information content (AvgIpc) is 2.87. The second-order valence-corrected chi connectivity index (χ2v) is 9.01. The van der Waals surface area contributed by atoms with E-state index in [9.17, 15) is 28.0 Å². The topological polar surface area (TPSA) is 114 Å². The first-order valence-corrected chi connectivity index (χ1v) is 12.1. The van der Waals surface area contributed by atoms with E-state index >= 15 is 0 Å². The summed E-state index contributed by atoms with van der Waals surface area (Å²) in [5.74, 6) is -1.77. The fourth-order valence-corrected chi connectivity index (χ4v) is 3.52. The number of hydrogen-bond acceptors (Lipinski definition) is 5. The summed E-state index contributed by atoms with van der Waals surface area (Å²) in [4.78, 5) is 49.7. The highest BCUT2D eigenvalue weighted by Gasteiger charge is 2.29. The maximum absolute atomic E-state index is 13.4. The molecule has 0 saturated carbocycles. The Balaban J connectivity index is 2.15. The quantitative estimate of drug-likeness (QED) is 0.333. The molecule has 0 aliphatic heterocycles. The van der Waals surface area contributed by atoms with Crippen LogP contribution in [0.3, 0.4) is 0 Å². The molecule has 1 unspecified atom stereocenters. The van der Waals surface area contributed by atoms with Crippen LogP contribution in [-0.2, 0) is 32.1 Å². The zero-order valence-corrected chi connectivity index (χ0v) is 20.9. The Labute approximate surface area is 215 Å². The first kappa shape index (κ1) is 29.4. The maximum atomic E-state index is 13.4. The molecule has 0 bridgehead atoms. The van der Waals surface area contributed by atoms with Gasteiger partial charge in [-0.05, 0) is 35.6 Å². The smallest absolute Gasteiger partial charge is 0.408 e. The number of hydrogen-bond donors (Lipinski definition) is 3. The predicted molar refractivity (Wildman–Crippen MR) is 134 cm³/mol. The minimum absolute atomic E-state index is 0.00137. The van der Waals surface area contributed by atoms with Gasteiger partial charge < -0.3 is 25.5 Å². The molecule has 3 N–H and O–H groups in total. The third-order valence-electron chi connectivity index (χ3n) is 5.43. The lowest BCUT2D eigenvalue weighted by atomic mass is 10.0. The van der Waals surface area contributed by atoms with E-state index in [2.05, 4.69) is 16.0 Å². The molecule has 0 saturated heterocycles. The van der Waals surface area contributed by atoms with Gasteiger partial charge in [-0.15, -0.1) is 0 Å². The van der Waals surface area contributed by atoms with Gasteiger partial charge in [-0.1, -0.05) is 56.3 Å². The molecular formula is C27H33F2N3O5. The van der Waals surface area contributed by atoms with Gasteiger partial charge >= 0.3 is 6.09 Å². The zero-order chi connectivity index (χ0) is 27.2. The lowest BCUT2D eigenvalue weighted by Crippen LogP contribution is -2.56. The SMILES string of the molecule is CC(C)C[C@H](NC(=O)[C@H](Cc1ccc(F)cc1)NC(=O)OCc1ccccc1)C(=O)NC(C=O)CCF. The normalized spacial score (nSPS) is 13.2. The van der Waals surface area contributed by atoms with E-state index in [4.69, 9.17) is 4.74 Å². The summed E-state index contributed by atoms with van der Waals surface area (Å²) in [6.07, 6.45) is -0.352. The van der Waals surface area contributed by atoms with E-state index in [1.807, 2.05) is 19.9 Å². The number of nitrogens with one attached hydrogen (secondary N) is 3. The van der Waals surface area contributed by atoms with Crippen molar-refractivity contribution < 1.29 is 32.7 Å². The van der Waals surface area contributed by atoms with Gasteiger partial charge in [-0.3, -0.25) is 14.0 Å². The van der Waals surface area contributed by atoms with Crippen LogP contribution in [0.5, 0.6) is 0 Å². The average molecular weight is 518 g/mol. The Morgan fingerprint density at radius 1 is 0.892 bits per heavy atom. The summed E-state index contributed by atoms with van der Waals surface area (Å²) in [6, 6.07) is 11.2.